The number of hydrogen-bond acceptors (Lipinski definition) is 4. The lowest BCUT2D eigenvalue weighted by atomic mass is 9.83. The predicted octanol–water partition coefficient (Wildman–Crippen LogP) is 4.20. The van der Waals surface area contributed by atoms with Crippen LogP contribution >= 0.6 is 11.3 Å². The lowest BCUT2D eigenvalue weighted by Crippen LogP contribution is -2.45. The van der Waals surface area contributed by atoms with Crippen LogP contribution in [0.15, 0.2) is 21.7 Å². The van der Waals surface area contributed by atoms with Crippen LogP contribution in [0.3, 0.4) is 0 Å². The molecule has 0 amide bonds. The van der Waals surface area contributed by atoms with E-state index in [4.69, 9.17) is 5.73 Å². The van der Waals surface area contributed by atoms with Crippen molar-refractivity contribution in [1.29, 1.82) is 0 Å². The number of aromatic amines is 1. The van der Waals surface area contributed by atoms with E-state index in [1.54, 1.807) is 13.0 Å². The summed E-state index contributed by atoms with van der Waals surface area (Å²) in [6.07, 6.45) is -1.88. The molecule has 2 atom stereocenters. The van der Waals surface area contributed by atoms with Gasteiger partial charge in [-0.1, -0.05) is 0 Å². The summed E-state index contributed by atoms with van der Waals surface area (Å²) >= 11 is 1.35. The van der Waals surface area contributed by atoms with Crippen molar-refractivity contribution in [2.75, 3.05) is 0 Å². The van der Waals surface area contributed by atoms with Gasteiger partial charge in [0.1, 0.15) is 11.9 Å². The topological polar surface area (TPSA) is 80.9 Å². The van der Waals surface area contributed by atoms with Gasteiger partial charge in [-0.2, -0.15) is 13.2 Å². The van der Waals surface area contributed by atoms with Crippen LogP contribution in [0, 0.1) is 18.7 Å². The van der Waals surface area contributed by atoms with E-state index in [0.29, 0.717) is 28.8 Å². The first-order valence-corrected chi connectivity index (χ1v) is 11.3. The molecule has 10 heteroatoms. The number of fused-ring (bicyclic) bond motifs is 2. The van der Waals surface area contributed by atoms with Crippen molar-refractivity contribution in [3.63, 3.8) is 0 Å². The van der Waals surface area contributed by atoms with Gasteiger partial charge in [-0.15, -0.1) is 11.3 Å². The highest BCUT2D eigenvalue weighted by Gasteiger charge is 2.43. The van der Waals surface area contributed by atoms with Crippen LogP contribution in [0.5, 0.6) is 0 Å². The molecule has 2 unspecified atom stereocenters. The number of benzene rings is 1. The number of hydrogen-bond donors (Lipinski definition) is 2. The Morgan fingerprint density at radius 1 is 1.22 bits per heavy atom. The maximum Gasteiger partial charge on any atom is 0.403 e. The van der Waals surface area contributed by atoms with Crippen LogP contribution in [0.1, 0.15) is 41.3 Å². The zero-order chi connectivity index (χ0) is 22.9. The number of H-pyrrole nitrogens is 1. The van der Waals surface area contributed by atoms with Crippen molar-refractivity contribution < 1.29 is 17.6 Å². The molecule has 3 N–H and O–H groups in total. The van der Waals surface area contributed by atoms with Crippen LogP contribution in [-0.4, -0.2) is 21.8 Å². The first kappa shape index (κ1) is 21.4. The number of halogens is 4. The van der Waals surface area contributed by atoms with Gasteiger partial charge < -0.3 is 5.73 Å². The van der Waals surface area contributed by atoms with E-state index in [1.807, 2.05) is 0 Å². The Morgan fingerprint density at radius 2 is 1.94 bits per heavy atom. The summed E-state index contributed by atoms with van der Waals surface area (Å²) in [7, 11) is 0. The third kappa shape index (κ3) is 3.40. The first-order valence-electron chi connectivity index (χ1n) is 10.5. The van der Waals surface area contributed by atoms with E-state index in [9.17, 15) is 22.8 Å². The standard InChI is InChI=1S/C22H21F4N3O2S/c1-9-17(14(23)8-13-18(9)29(12-3-4-12)21(31)28-20(13)30)16-7-11-6-10(2-5-15(11)32-16)19(27)22(24,25)26/h7-8,10,12,19H,2-6,27H2,1H3,(H,28,30,31). The Bertz CT molecular complexity index is 1350. The zero-order valence-corrected chi connectivity index (χ0v) is 18.0. The van der Waals surface area contributed by atoms with Gasteiger partial charge in [0.25, 0.3) is 5.56 Å². The van der Waals surface area contributed by atoms with Gasteiger partial charge >= 0.3 is 11.9 Å². The molecule has 0 radical (unpaired) electrons. The van der Waals surface area contributed by atoms with Crippen molar-refractivity contribution in [1.82, 2.24) is 9.55 Å². The Hall–Kier alpha value is -2.46. The summed E-state index contributed by atoms with van der Waals surface area (Å²) in [6, 6.07) is 0.965. The van der Waals surface area contributed by atoms with Gasteiger partial charge in [-0.3, -0.25) is 14.3 Å². The monoisotopic (exact) mass is 467 g/mol. The quantitative estimate of drug-likeness (QED) is 0.567. The molecular formula is C22H21F4N3O2S. The Balaban J connectivity index is 1.63. The molecule has 5 rings (SSSR count). The molecule has 2 heterocycles. The van der Waals surface area contributed by atoms with Gasteiger partial charge in [0.05, 0.1) is 10.9 Å². The van der Waals surface area contributed by atoms with Crippen molar-refractivity contribution >= 4 is 22.2 Å². The van der Waals surface area contributed by atoms with Crippen molar-refractivity contribution in [3.05, 3.63) is 54.8 Å². The van der Waals surface area contributed by atoms with E-state index in [2.05, 4.69) is 4.98 Å². The molecule has 5 nitrogen and oxygen atoms in total. The van der Waals surface area contributed by atoms with Gasteiger partial charge in [0.15, 0.2) is 0 Å². The second-order valence-electron chi connectivity index (χ2n) is 8.74. The van der Waals surface area contributed by atoms with Crippen molar-refractivity contribution in [2.45, 2.75) is 57.3 Å². The maximum absolute atomic E-state index is 15.2. The van der Waals surface area contributed by atoms with E-state index >= 15 is 4.39 Å². The van der Waals surface area contributed by atoms with Crippen LogP contribution in [0.4, 0.5) is 17.6 Å². The minimum Gasteiger partial charge on any atom is -0.320 e. The molecule has 2 aliphatic rings. The normalized spacial score (nSPS) is 19.9. The second-order valence-corrected chi connectivity index (χ2v) is 9.88. The molecule has 0 bridgehead atoms. The molecule has 0 aliphatic heterocycles. The third-order valence-electron chi connectivity index (χ3n) is 6.59. The highest BCUT2D eigenvalue weighted by molar-refractivity contribution is 7.15. The van der Waals surface area contributed by atoms with Crippen molar-refractivity contribution in [3.8, 4) is 10.4 Å². The fourth-order valence-electron chi connectivity index (χ4n) is 4.81. The molecule has 1 saturated carbocycles. The fraction of sp³-hybridized carbons (Fsp3) is 0.455. The summed E-state index contributed by atoms with van der Waals surface area (Å²) < 4.78 is 56.0. The number of nitrogens with one attached hydrogen (secondary N) is 1. The number of thiophene rings is 1. The summed E-state index contributed by atoms with van der Waals surface area (Å²) in [4.78, 5) is 28.6. The number of nitrogens with two attached hydrogens (primary N) is 1. The average Bonchev–Trinajstić information content (AvgIpc) is 3.45. The molecule has 1 aromatic carbocycles. The second kappa shape index (κ2) is 7.28. The van der Waals surface area contributed by atoms with Crippen LogP contribution in [0.25, 0.3) is 21.3 Å². The zero-order valence-electron chi connectivity index (χ0n) is 17.2. The molecule has 32 heavy (non-hydrogen) atoms. The molecule has 170 valence electrons. The van der Waals surface area contributed by atoms with Gasteiger partial charge in [-0.25, -0.2) is 9.18 Å². The molecule has 2 aromatic heterocycles. The number of alkyl halides is 3. The Kier molecular flexibility index (Phi) is 4.86. The van der Waals surface area contributed by atoms with E-state index < -0.39 is 35.2 Å². The molecular weight excluding hydrogens is 446 g/mol. The summed E-state index contributed by atoms with van der Waals surface area (Å²) in [6.45, 7) is 1.68. The number of aromatic nitrogens is 2. The minimum atomic E-state index is -4.46. The average molecular weight is 467 g/mol. The summed E-state index contributed by atoms with van der Waals surface area (Å²) in [5, 5.41) is 0.118. The van der Waals surface area contributed by atoms with E-state index in [-0.39, 0.29) is 23.4 Å². The van der Waals surface area contributed by atoms with Crippen LogP contribution in [-0.2, 0) is 12.8 Å². The molecule has 0 saturated heterocycles. The third-order valence-corrected chi connectivity index (χ3v) is 7.84. The maximum atomic E-state index is 15.2. The van der Waals surface area contributed by atoms with Gasteiger partial charge in [0.2, 0.25) is 0 Å². The Labute approximate surface area is 183 Å². The fourth-order valence-corrected chi connectivity index (χ4v) is 6.12. The summed E-state index contributed by atoms with van der Waals surface area (Å²) in [5.74, 6) is -1.31. The minimum absolute atomic E-state index is 0.0278. The number of rotatable bonds is 3. The number of nitrogens with zero attached hydrogens (tertiary/aromatic N) is 1. The Morgan fingerprint density at radius 3 is 2.59 bits per heavy atom. The van der Waals surface area contributed by atoms with Crippen LogP contribution in [0.2, 0.25) is 0 Å². The highest BCUT2D eigenvalue weighted by atomic mass is 32.1. The van der Waals surface area contributed by atoms with Gasteiger partial charge in [0, 0.05) is 21.4 Å². The predicted molar refractivity (Wildman–Crippen MR) is 115 cm³/mol. The van der Waals surface area contributed by atoms with E-state index in [1.165, 1.54) is 15.9 Å². The SMILES string of the molecule is Cc1c(-c2cc3c(s2)CCC(C(N)C(F)(F)F)C3)c(F)cc2c(=O)[nH]c(=O)n(C3CC3)c12. The van der Waals surface area contributed by atoms with Crippen molar-refractivity contribution in [2.24, 2.45) is 11.7 Å². The lowest BCUT2D eigenvalue weighted by molar-refractivity contribution is -0.159. The van der Waals surface area contributed by atoms with E-state index in [0.717, 1.165) is 29.3 Å². The molecule has 0 spiro atoms. The molecule has 3 aromatic rings. The highest BCUT2D eigenvalue weighted by Crippen LogP contribution is 2.43. The molecule has 2 aliphatic carbocycles. The largest absolute Gasteiger partial charge is 0.403 e. The van der Waals surface area contributed by atoms with Gasteiger partial charge in [-0.05, 0) is 68.2 Å². The summed E-state index contributed by atoms with van der Waals surface area (Å²) in [5.41, 5.74) is 6.24. The smallest absolute Gasteiger partial charge is 0.320 e. The first-order chi connectivity index (χ1) is 15.1. The molecule has 1 fully saturated rings. The number of aryl methyl sites for hydroxylation is 2. The lowest BCUT2D eigenvalue weighted by Gasteiger charge is -2.28. The van der Waals surface area contributed by atoms with Crippen LogP contribution < -0.4 is 17.0 Å².